The van der Waals surface area contributed by atoms with Gasteiger partial charge in [-0.2, -0.15) is 0 Å². The molecular formula is C2MnO4. The second-order valence-corrected chi connectivity index (χ2v) is 0.575. The van der Waals surface area contributed by atoms with Gasteiger partial charge in [0.1, 0.15) is 0 Å². The Balaban J connectivity index is 0. The Bertz CT molecular complexity index is 75.7. The normalized spacial score (nSPS) is 6.29. The fraction of sp³-hybridized carbons (Fsp3) is 0. The monoisotopic (exact) mass is 143 g/mol. The number of aliphatic carboxylic acids is 2. The Labute approximate surface area is 49.6 Å². The van der Waals surface area contributed by atoms with Crippen LogP contribution < -0.4 is 10.2 Å². The van der Waals surface area contributed by atoms with E-state index < -0.39 is 11.9 Å². The SMILES string of the molecule is O=C([O-])C(=O)[O-].[Mn+2]. The zero-order valence-electron chi connectivity index (χ0n) is 3.01. The van der Waals surface area contributed by atoms with Crippen LogP contribution in [0.1, 0.15) is 0 Å². The molecule has 0 unspecified atom stereocenters. The number of rotatable bonds is 0. The topological polar surface area (TPSA) is 80.3 Å². The molecule has 5 heteroatoms. The van der Waals surface area contributed by atoms with Crippen molar-refractivity contribution in [2.24, 2.45) is 0 Å². The van der Waals surface area contributed by atoms with Crippen LogP contribution in [0.5, 0.6) is 0 Å². The quantitative estimate of drug-likeness (QED) is 0.260. The molecule has 39 valence electrons. The van der Waals surface area contributed by atoms with Gasteiger partial charge in [-0.05, 0) is 0 Å². The molecular weight excluding hydrogens is 143 g/mol. The molecule has 0 aromatic rings. The number of carboxylic acids is 2. The number of hydrogen-bond donors (Lipinski definition) is 0. The first-order valence-electron chi connectivity index (χ1n) is 1.07. The molecule has 0 fully saturated rings. The molecule has 0 rings (SSSR count). The smallest absolute Gasteiger partial charge is 0.543 e. The standard InChI is InChI=1S/C2H2O4.Mn/c3-1(4)2(5)6;/h(H,3,4)(H,5,6);/q;+2/p-2. The first-order chi connectivity index (χ1) is 2.64. The second-order valence-electron chi connectivity index (χ2n) is 0.575. The molecule has 4 nitrogen and oxygen atoms in total. The van der Waals surface area contributed by atoms with Crippen molar-refractivity contribution in [2.45, 2.75) is 0 Å². The summed E-state index contributed by atoms with van der Waals surface area (Å²) in [6.07, 6.45) is 0. The van der Waals surface area contributed by atoms with E-state index in [4.69, 9.17) is 19.8 Å². The predicted octanol–water partition coefficient (Wildman–Crippen LogP) is -3.52. The summed E-state index contributed by atoms with van der Waals surface area (Å²) in [5.41, 5.74) is 0. The minimum absolute atomic E-state index is 0. The average molecular weight is 143 g/mol. The van der Waals surface area contributed by atoms with E-state index in [1.54, 1.807) is 0 Å². The van der Waals surface area contributed by atoms with Gasteiger partial charge in [0.15, 0.2) is 0 Å². The van der Waals surface area contributed by atoms with Gasteiger partial charge in [-0.25, -0.2) is 0 Å². The van der Waals surface area contributed by atoms with E-state index in [1.807, 2.05) is 0 Å². The summed E-state index contributed by atoms with van der Waals surface area (Å²) in [7, 11) is 0. The van der Waals surface area contributed by atoms with Crippen LogP contribution in [0.2, 0.25) is 0 Å². The summed E-state index contributed by atoms with van der Waals surface area (Å²) < 4.78 is 0. The molecule has 0 aliphatic rings. The van der Waals surface area contributed by atoms with Gasteiger partial charge in [0.2, 0.25) is 0 Å². The zero-order valence-corrected chi connectivity index (χ0v) is 4.19. The largest absolute Gasteiger partial charge is 2.00 e. The summed E-state index contributed by atoms with van der Waals surface area (Å²) >= 11 is 0. The van der Waals surface area contributed by atoms with Crippen molar-refractivity contribution in [1.29, 1.82) is 0 Å². The maximum Gasteiger partial charge on any atom is 2.00 e. The number of hydrogen-bond acceptors (Lipinski definition) is 4. The Kier molecular flexibility index (Phi) is 5.04. The molecule has 0 saturated heterocycles. The molecule has 0 N–H and O–H groups in total. The molecule has 0 amide bonds. The fourth-order valence-corrected chi connectivity index (χ4v) is 0. The predicted molar refractivity (Wildman–Crippen MR) is 10.0 cm³/mol. The van der Waals surface area contributed by atoms with Gasteiger partial charge in [0, 0.05) is 0 Å². The van der Waals surface area contributed by atoms with Crippen molar-refractivity contribution in [3.63, 3.8) is 0 Å². The van der Waals surface area contributed by atoms with Crippen molar-refractivity contribution in [3.8, 4) is 0 Å². The van der Waals surface area contributed by atoms with E-state index in [0.29, 0.717) is 0 Å². The molecule has 0 atom stereocenters. The van der Waals surface area contributed by atoms with E-state index in [2.05, 4.69) is 0 Å². The Morgan fingerprint density at radius 1 is 1.00 bits per heavy atom. The van der Waals surface area contributed by atoms with Crippen LogP contribution in [0.3, 0.4) is 0 Å². The molecule has 0 spiro atoms. The van der Waals surface area contributed by atoms with Crippen LogP contribution in [-0.2, 0) is 26.7 Å². The summed E-state index contributed by atoms with van der Waals surface area (Å²) in [5.74, 6) is -4.37. The summed E-state index contributed by atoms with van der Waals surface area (Å²) in [4.78, 5) is 17.9. The van der Waals surface area contributed by atoms with Crippen LogP contribution in [0, 0.1) is 0 Å². The van der Waals surface area contributed by atoms with Crippen LogP contribution in [-0.4, -0.2) is 11.9 Å². The molecule has 0 heterocycles. The summed E-state index contributed by atoms with van der Waals surface area (Å²) in [6.45, 7) is 0. The first kappa shape index (κ1) is 9.68. The zero-order chi connectivity index (χ0) is 5.15. The molecule has 0 aromatic carbocycles. The van der Waals surface area contributed by atoms with Crippen molar-refractivity contribution in [1.82, 2.24) is 0 Å². The van der Waals surface area contributed by atoms with Gasteiger partial charge in [-0.15, -0.1) is 0 Å². The number of carbonyl (C=O) groups excluding carboxylic acids is 2. The van der Waals surface area contributed by atoms with Crippen LogP contribution >= 0.6 is 0 Å². The third-order valence-corrected chi connectivity index (χ3v) is 0.167. The minimum Gasteiger partial charge on any atom is -0.543 e. The van der Waals surface area contributed by atoms with E-state index in [1.165, 1.54) is 0 Å². The maximum absolute atomic E-state index is 8.93. The van der Waals surface area contributed by atoms with Gasteiger partial charge in [-0.3, -0.25) is 0 Å². The van der Waals surface area contributed by atoms with E-state index >= 15 is 0 Å². The van der Waals surface area contributed by atoms with Gasteiger partial charge in [-0.1, -0.05) is 0 Å². The molecule has 1 radical (unpaired) electrons. The van der Waals surface area contributed by atoms with E-state index in [9.17, 15) is 0 Å². The minimum atomic E-state index is -2.19. The van der Waals surface area contributed by atoms with Crippen molar-refractivity contribution in [3.05, 3.63) is 0 Å². The van der Waals surface area contributed by atoms with Crippen LogP contribution in [0.15, 0.2) is 0 Å². The Morgan fingerprint density at radius 3 is 1.14 bits per heavy atom. The molecule has 7 heavy (non-hydrogen) atoms. The molecule has 0 bridgehead atoms. The number of carbonyl (C=O) groups is 2. The average Bonchev–Trinajstić information content (AvgIpc) is 1.36. The molecule has 0 saturated carbocycles. The van der Waals surface area contributed by atoms with Crippen LogP contribution in [0.25, 0.3) is 0 Å². The van der Waals surface area contributed by atoms with Crippen molar-refractivity contribution < 1.29 is 36.9 Å². The fourth-order valence-electron chi connectivity index (χ4n) is 0. The molecule has 0 aliphatic carbocycles. The Morgan fingerprint density at radius 2 is 1.14 bits per heavy atom. The summed E-state index contributed by atoms with van der Waals surface area (Å²) in [5, 5.41) is 17.9. The number of carboxylic acid groups (broad SMARTS) is 2. The molecule has 0 aliphatic heterocycles. The van der Waals surface area contributed by atoms with E-state index in [-0.39, 0.29) is 17.1 Å². The second kappa shape index (κ2) is 3.64. The Hall–Kier alpha value is -0.541. The van der Waals surface area contributed by atoms with Crippen molar-refractivity contribution >= 4 is 11.9 Å². The first-order valence-corrected chi connectivity index (χ1v) is 1.07. The van der Waals surface area contributed by atoms with E-state index in [0.717, 1.165) is 0 Å². The van der Waals surface area contributed by atoms with Gasteiger partial charge in [0.05, 0.1) is 11.9 Å². The molecule has 0 aromatic heterocycles. The third-order valence-electron chi connectivity index (χ3n) is 0.167. The van der Waals surface area contributed by atoms with Crippen LogP contribution in [0.4, 0.5) is 0 Å². The summed E-state index contributed by atoms with van der Waals surface area (Å²) in [6, 6.07) is 0. The van der Waals surface area contributed by atoms with Gasteiger partial charge < -0.3 is 19.8 Å². The van der Waals surface area contributed by atoms with Gasteiger partial charge in [0.25, 0.3) is 0 Å². The van der Waals surface area contributed by atoms with Gasteiger partial charge >= 0.3 is 17.1 Å². The third kappa shape index (κ3) is 5.46. The maximum atomic E-state index is 8.93. The van der Waals surface area contributed by atoms with Crippen molar-refractivity contribution in [2.75, 3.05) is 0 Å².